The smallest absolute Gasteiger partial charge is 0.165 e. The highest BCUT2D eigenvalue weighted by molar-refractivity contribution is 9.10. The lowest BCUT2D eigenvalue weighted by Crippen LogP contribution is -2.17. The van der Waals surface area contributed by atoms with Crippen LogP contribution in [0.2, 0.25) is 0 Å². The third-order valence-electron chi connectivity index (χ3n) is 3.30. The first-order valence-corrected chi connectivity index (χ1v) is 6.77. The summed E-state index contributed by atoms with van der Waals surface area (Å²) in [5.41, 5.74) is 2.02. The number of aryl methyl sites for hydroxylation is 1. The van der Waals surface area contributed by atoms with Crippen LogP contribution in [0.4, 0.5) is 0 Å². The molecule has 0 unspecified atom stereocenters. The maximum Gasteiger partial charge on any atom is 0.165 e. The number of rotatable bonds is 2. The molecule has 0 aromatic heterocycles. The molecule has 0 N–H and O–H groups in total. The van der Waals surface area contributed by atoms with Gasteiger partial charge >= 0.3 is 0 Å². The fraction of sp³-hybridized carbons (Fsp3) is 0.500. The van der Waals surface area contributed by atoms with Crippen LogP contribution in [0.3, 0.4) is 0 Å². The predicted octanol–water partition coefficient (Wildman–Crippen LogP) is 4.52. The Morgan fingerprint density at radius 3 is 2.50 bits per heavy atom. The predicted molar refractivity (Wildman–Crippen MR) is 69.8 cm³/mol. The Kier molecular flexibility index (Phi) is 3.80. The molecule has 0 bridgehead atoms. The highest BCUT2D eigenvalue weighted by Gasteiger charge is 2.22. The molecule has 1 fully saturated rings. The average molecular weight is 281 g/mol. The van der Waals surface area contributed by atoms with Crippen LogP contribution in [0.5, 0.6) is 0 Å². The second-order valence-corrected chi connectivity index (χ2v) is 5.63. The van der Waals surface area contributed by atoms with Gasteiger partial charge in [0.25, 0.3) is 0 Å². The number of halogens is 1. The molecule has 0 spiro atoms. The summed E-state index contributed by atoms with van der Waals surface area (Å²) in [6.45, 7) is 2.03. The Bertz CT molecular complexity index is 371. The van der Waals surface area contributed by atoms with E-state index in [1.54, 1.807) is 0 Å². The van der Waals surface area contributed by atoms with Gasteiger partial charge in [0.05, 0.1) is 0 Å². The maximum atomic E-state index is 12.3. The minimum absolute atomic E-state index is 0.266. The van der Waals surface area contributed by atoms with Crippen molar-refractivity contribution in [2.45, 2.75) is 39.0 Å². The Hall–Kier alpha value is -0.630. The molecule has 0 aliphatic heterocycles. The number of carbonyl (C=O) groups is 1. The van der Waals surface area contributed by atoms with E-state index in [-0.39, 0.29) is 5.92 Å². The van der Waals surface area contributed by atoms with Crippen LogP contribution in [-0.4, -0.2) is 5.78 Å². The lowest BCUT2D eigenvalue weighted by molar-refractivity contribution is 0.0889. The van der Waals surface area contributed by atoms with Gasteiger partial charge in [-0.2, -0.15) is 0 Å². The molecule has 0 radical (unpaired) electrons. The molecule has 1 nitrogen and oxygen atoms in total. The van der Waals surface area contributed by atoms with Crippen LogP contribution < -0.4 is 0 Å². The normalized spacial score (nSPS) is 17.4. The number of Topliss-reactive ketones (excluding diaryl/α,β-unsaturated/α-hetero) is 1. The Morgan fingerprint density at radius 1 is 1.19 bits per heavy atom. The van der Waals surface area contributed by atoms with Gasteiger partial charge in [-0.25, -0.2) is 0 Å². The van der Waals surface area contributed by atoms with Gasteiger partial charge in [-0.3, -0.25) is 4.79 Å². The quantitative estimate of drug-likeness (QED) is 0.728. The molecule has 1 aliphatic carbocycles. The molecule has 1 aromatic rings. The van der Waals surface area contributed by atoms with Crippen molar-refractivity contribution in [1.82, 2.24) is 0 Å². The Morgan fingerprint density at radius 2 is 1.88 bits per heavy atom. The van der Waals surface area contributed by atoms with Gasteiger partial charge in [0.15, 0.2) is 5.78 Å². The van der Waals surface area contributed by atoms with Crippen molar-refractivity contribution in [1.29, 1.82) is 0 Å². The molecule has 0 saturated heterocycles. The summed E-state index contributed by atoms with van der Waals surface area (Å²) in [6, 6.07) is 5.99. The molecule has 0 heterocycles. The first-order chi connectivity index (χ1) is 7.66. The van der Waals surface area contributed by atoms with Crippen LogP contribution in [0, 0.1) is 12.8 Å². The first-order valence-electron chi connectivity index (χ1n) is 5.98. The van der Waals surface area contributed by atoms with Gasteiger partial charge in [-0.15, -0.1) is 0 Å². The van der Waals surface area contributed by atoms with Crippen molar-refractivity contribution in [3.05, 3.63) is 33.8 Å². The molecule has 1 saturated carbocycles. The van der Waals surface area contributed by atoms with Crippen LogP contribution in [0.15, 0.2) is 22.7 Å². The fourth-order valence-corrected chi connectivity index (χ4v) is 3.09. The van der Waals surface area contributed by atoms with Crippen molar-refractivity contribution in [3.8, 4) is 0 Å². The zero-order valence-corrected chi connectivity index (χ0v) is 11.2. The molecule has 0 atom stereocenters. The summed E-state index contributed by atoms with van der Waals surface area (Å²) in [4.78, 5) is 12.3. The van der Waals surface area contributed by atoms with Crippen LogP contribution in [0.1, 0.15) is 48.0 Å². The monoisotopic (exact) mass is 280 g/mol. The van der Waals surface area contributed by atoms with E-state index in [9.17, 15) is 4.79 Å². The van der Waals surface area contributed by atoms with Gasteiger partial charge in [0, 0.05) is 16.0 Å². The molecular weight excluding hydrogens is 264 g/mol. The second kappa shape index (κ2) is 5.13. The van der Waals surface area contributed by atoms with Crippen molar-refractivity contribution in [2.24, 2.45) is 5.92 Å². The number of carbonyl (C=O) groups excluding carboxylic acids is 1. The number of hydrogen-bond acceptors (Lipinski definition) is 1. The van der Waals surface area contributed by atoms with E-state index in [0.717, 1.165) is 28.4 Å². The summed E-state index contributed by atoms with van der Waals surface area (Å²) >= 11 is 3.45. The number of benzene rings is 1. The van der Waals surface area contributed by atoms with E-state index in [2.05, 4.69) is 15.9 Å². The zero-order chi connectivity index (χ0) is 11.5. The molecule has 16 heavy (non-hydrogen) atoms. The summed E-state index contributed by atoms with van der Waals surface area (Å²) < 4.78 is 1.01. The van der Waals surface area contributed by atoms with Crippen LogP contribution >= 0.6 is 15.9 Å². The van der Waals surface area contributed by atoms with E-state index in [1.165, 1.54) is 19.3 Å². The summed E-state index contributed by atoms with van der Waals surface area (Å²) in [6.07, 6.45) is 5.86. The highest BCUT2D eigenvalue weighted by Crippen LogP contribution is 2.28. The van der Waals surface area contributed by atoms with Gasteiger partial charge < -0.3 is 0 Å². The largest absolute Gasteiger partial charge is 0.294 e. The van der Waals surface area contributed by atoms with Crippen LogP contribution in [-0.2, 0) is 0 Å². The molecule has 2 heteroatoms. The van der Waals surface area contributed by atoms with E-state index in [4.69, 9.17) is 0 Å². The standard InChI is InChI=1S/C14H17BrO/c1-10-7-12(9-13(15)8-10)14(16)11-5-3-2-4-6-11/h7-9,11H,2-6H2,1H3. The number of ketones is 1. The minimum Gasteiger partial charge on any atom is -0.294 e. The molecule has 0 amide bonds. The van der Waals surface area contributed by atoms with Gasteiger partial charge in [0.1, 0.15) is 0 Å². The van der Waals surface area contributed by atoms with Gasteiger partial charge in [-0.1, -0.05) is 35.2 Å². The van der Waals surface area contributed by atoms with Gasteiger partial charge in [0.2, 0.25) is 0 Å². The summed E-state index contributed by atoms with van der Waals surface area (Å²) in [5.74, 6) is 0.603. The summed E-state index contributed by atoms with van der Waals surface area (Å²) in [7, 11) is 0. The first kappa shape index (κ1) is 11.8. The van der Waals surface area contributed by atoms with Crippen molar-refractivity contribution in [2.75, 3.05) is 0 Å². The molecule has 1 aliphatic rings. The Balaban J connectivity index is 2.19. The zero-order valence-electron chi connectivity index (χ0n) is 9.63. The van der Waals surface area contributed by atoms with Crippen molar-refractivity contribution >= 4 is 21.7 Å². The van der Waals surface area contributed by atoms with E-state index >= 15 is 0 Å². The average Bonchev–Trinajstić information content (AvgIpc) is 2.28. The molecule has 1 aromatic carbocycles. The third kappa shape index (κ3) is 2.73. The van der Waals surface area contributed by atoms with Crippen molar-refractivity contribution in [3.63, 3.8) is 0 Å². The highest BCUT2D eigenvalue weighted by atomic mass is 79.9. The number of hydrogen-bond donors (Lipinski definition) is 0. The van der Waals surface area contributed by atoms with E-state index in [1.807, 2.05) is 25.1 Å². The Labute approximate surface area is 105 Å². The van der Waals surface area contributed by atoms with E-state index < -0.39 is 0 Å². The minimum atomic E-state index is 0.266. The van der Waals surface area contributed by atoms with Crippen LogP contribution in [0.25, 0.3) is 0 Å². The fourth-order valence-electron chi connectivity index (χ4n) is 2.48. The lowest BCUT2D eigenvalue weighted by atomic mass is 9.84. The SMILES string of the molecule is Cc1cc(Br)cc(C(=O)C2CCCCC2)c1. The molecule has 86 valence electrons. The topological polar surface area (TPSA) is 17.1 Å². The molecule has 2 rings (SSSR count). The maximum absolute atomic E-state index is 12.3. The molecular formula is C14H17BrO. The van der Waals surface area contributed by atoms with Crippen molar-refractivity contribution < 1.29 is 4.79 Å². The lowest BCUT2D eigenvalue weighted by Gasteiger charge is -2.20. The van der Waals surface area contributed by atoms with E-state index in [0.29, 0.717) is 5.78 Å². The third-order valence-corrected chi connectivity index (χ3v) is 3.76. The second-order valence-electron chi connectivity index (χ2n) is 4.72. The van der Waals surface area contributed by atoms with Gasteiger partial charge in [-0.05, 0) is 43.5 Å². The summed E-state index contributed by atoms with van der Waals surface area (Å²) in [5, 5.41) is 0.